The van der Waals surface area contributed by atoms with Crippen molar-refractivity contribution in [3.05, 3.63) is 47.5 Å². The molecule has 0 amide bonds. The number of hydrogen-bond donors (Lipinski definition) is 2. The summed E-state index contributed by atoms with van der Waals surface area (Å²) in [6, 6.07) is 7.61. The van der Waals surface area contributed by atoms with Gasteiger partial charge in [-0.1, -0.05) is 23.7 Å². The molecule has 0 aliphatic heterocycles. The van der Waals surface area contributed by atoms with Crippen LogP contribution in [0.25, 0.3) is 0 Å². The Bertz CT molecular complexity index is 735. The quantitative estimate of drug-likeness (QED) is 0.823. The van der Waals surface area contributed by atoms with Gasteiger partial charge in [0.1, 0.15) is 18.3 Å². The fourth-order valence-corrected chi connectivity index (χ4v) is 4.03. The third kappa shape index (κ3) is 3.28. The first kappa shape index (κ1) is 17.9. The molecule has 2 N–H and O–H groups in total. The minimum atomic E-state index is -1.38. The van der Waals surface area contributed by atoms with Crippen LogP contribution in [0.3, 0.4) is 0 Å². The highest BCUT2D eigenvalue weighted by atomic mass is 35.5. The zero-order chi connectivity index (χ0) is 18.1. The van der Waals surface area contributed by atoms with Gasteiger partial charge in [0, 0.05) is 5.02 Å². The Morgan fingerprint density at radius 1 is 1.40 bits per heavy atom. The Morgan fingerprint density at radius 3 is 2.72 bits per heavy atom. The van der Waals surface area contributed by atoms with Crippen molar-refractivity contribution in [3.8, 4) is 0 Å². The van der Waals surface area contributed by atoms with E-state index in [1.54, 1.807) is 6.92 Å². The second-order valence-corrected chi connectivity index (χ2v) is 7.49. The molecule has 7 heteroatoms. The van der Waals surface area contributed by atoms with Crippen LogP contribution in [0.4, 0.5) is 0 Å². The molecular weight excluding hydrogens is 342 g/mol. The minimum Gasteiger partial charge on any atom is -0.481 e. The molecule has 2 aromatic rings. The number of carboxylic acid groups (broad SMARTS) is 1. The van der Waals surface area contributed by atoms with Crippen LogP contribution in [0.2, 0.25) is 5.02 Å². The van der Waals surface area contributed by atoms with Gasteiger partial charge in [0.05, 0.1) is 12.0 Å². The molecule has 0 saturated heterocycles. The van der Waals surface area contributed by atoms with Crippen molar-refractivity contribution in [2.75, 3.05) is 0 Å². The number of carbonyl (C=O) groups is 1. The number of rotatable bonds is 6. The first-order chi connectivity index (χ1) is 11.8. The fraction of sp³-hybridized carbons (Fsp3) is 0.500. The maximum absolute atomic E-state index is 11.9. The Kier molecular flexibility index (Phi) is 4.84. The molecule has 1 aromatic carbocycles. The minimum absolute atomic E-state index is 0.126. The van der Waals surface area contributed by atoms with Crippen LogP contribution in [0.15, 0.2) is 36.9 Å². The highest BCUT2D eigenvalue weighted by Gasteiger charge is 2.61. The van der Waals surface area contributed by atoms with Crippen LogP contribution in [0.1, 0.15) is 31.7 Å². The molecule has 3 atom stereocenters. The predicted octanol–water partition coefficient (Wildman–Crippen LogP) is 2.80. The Morgan fingerprint density at radius 2 is 2.12 bits per heavy atom. The summed E-state index contributed by atoms with van der Waals surface area (Å²) < 4.78 is 1.52. The van der Waals surface area contributed by atoms with Crippen molar-refractivity contribution in [3.63, 3.8) is 0 Å². The average molecular weight is 364 g/mol. The number of hydrogen-bond acceptors (Lipinski definition) is 4. The summed E-state index contributed by atoms with van der Waals surface area (Å²) in [7, 11) is 0. The van der Waals surface area contributed by atoms with Crippen LogP contribution in [0.5, 0.6) is 0 Å². The van der Waals surface area contributed by atoms with Gasteiger partial charge in [-0.15, -0.1) is 0 Å². The molecule has 0 radical (unpaired) electrons. The lowest BCUT2D eigenvalue weighted by Crippen LogP contribution is -2.54. The molecule has 0 unspecified atom stereocenters. The van der Waals surface area contributed by atoms with Gasteiger partial charge < -0.3 is 10.2 Å². The number of carboxylic acids is 1. The molecule has 1 heterocycles. The van der Waals surface area contributed by atoms with Gasteiger partial charge in [0.2, 0.25) is 0 Å². The molecule has 0 bridgehead atoms. The van der Waals surface area contributed by atoms with Gasteiger partial charge in [-0.05, 0) is 56.2 Å². The van der Waals surface area contributed by atoms with E-state index in [-0.39, 0.29) is 12.5 Å². The number of aliphatic carboxylic acids is 1. The molecule has 1 saturated carbocycles. The molecule has 1 aromatic heterocycles. The van der Waals surface area contributed by atoms with E-state index in [0.29, 0.717) is 24.3 Å². The number of nitrogens with zero attached hydrogens (tertiary/aromatic N) is 3. The van der Waals surface area contributed by atoms with Crippen LogP contribution in [-0.2, 0) is 17.8 Å². The lowest BCUT2D eigenvalue weighted by Gasteiger charge is -2.40. The molecule has 134 valence electrons. The summed E-state index contributed by atoms with van der Waals surface area (Å²) in [4.78, 5) is 15.8. The molecule has 6 nitrogen and oxygen atoms in total. The number of aryl methyl sites for hydroxylation is 1. The van der Waals surface area contributed by atoms with Crippen LogP contribution in [0, 0.1) is 11.3 Å². The van der Waals surface area contributed by atoms with Crippen molar-refractivity contribution in [1.29, 1.82) is 0 Å². The third-order valence-corrected chi connectivity index (χ3v) is 5.91. The third-order valence-electron chi connectivity index (χ3n) is 5.66. The van der Waals surface area contributed by atoms with E-state index >= 15 is 0 Å². The van der Waals surface area contributed by atoms with Crippen molar-refractivity contribution in [2.24, 2.45) is 11.3 Å². The predicted molar refractivity (Wildman–Crippen MR) is 93.2 cm³/mol. The lowest BCUT2D eigenvalue weighted by atomic mass is 9.71. The molecule has 1 fully saturated rings. The number of benzene rings is 1. The zero-order valence-corrected chi connectivity index (χ0v) is 14.9. The molecule has 0 spiro atoms. The topological polar surface area (TPSA) is 88.2 Å². The smallest absolute Gasteiger partial charge is 0.312 e. The van der Waals surface area contributed by atoms with Gasteiger partial charge in [0.25, 0.3) is 0 Å². The van der Waals surface area contributed by atoms with E-state index in [9.17, 15) is 15.0 Å². The first-order valence-electron chi connectivity index (χ1n) is 8.38. The maximum atomic E-state index is 11.9. The highest BCUT2D eigenvalue weighted by molar-refractivity contribution is 6.30. The molecular formula is C18H22ClN3O3. The normalized spacial score (nSPS) is 29.0. The van der Waals surface area contributed by atoms with Gasteiger partial charge in [-0.25, -0.2) is 4.98 Å². The van der Waals surface area contributed by atoms with E-state index in [2.05, 4.69) is 10.1 Å². The zero-order valence-electron chi connectivity index (χ0n) is 14.1. The lowest BCUT2D eigenvalue weighted by molar-refractivity contribution is -0.169. The molecule has 25 heavy (non-hydrogen) atoms. The van der Waals surface area contributed by atoms with E-state index in [4.69, 9.17) is 11.6 Å². The standard InChI is InChI=1S/C18H22ClN3O3/c1-17(16(23)24)9-8-14(5-2-13-3-6-15(19)7-4-13)18(17,25)10-22-12-20-11-21-22/h3-4,6-7,11-12,14,25H,2,5,8-10H2,1H3,(H,23,24)/t14-,17+,18-/m0/s1. The van der Waals surface area contributed by atoms with Gasteiger partial charge in [-0.3, -0.25) is 9.48 Å². The van der Waals surface area contributed by atoms with Gasteiger partial charge in [0.15, 0.2) is 0 Å². The number of aliphatic hydroxyl groups is 1. The summed E-state index contributed by atoms with van der Waals surface area (Å²) in [5.41, 5.74) is -1.46. The maximum Gasteiger partial charge on any atom is 0.312 e. The Balaban J connectivity index is 1.81. The molecule has 1 aliphatic rings. The summed E-state index contributed by atoms with van der Waals surface area (Å²) >= 11 is 5.92. The largest absolute Gasteiger partial charge is 0.481 e. The summed E-state index contributed by atoms with van der Waals surface area (Å²) in [6.45, 7) is 1.76. The van der Waals surface area contributed by atoms with Crippen LogP contribution in [-0.4, -0.2) is 36.5 Å². The number of aromatic nitrogens is 3. The summed E-state index contributed by atoms with van der Waals surface area (Å²) in [5, 5.41) is 25.9. The second kappa shape index (κ2) is 6.77. The van der Waals surface area contributed by atoms with Crippen LogP contribution < -0.4 is 0 Å². The highest BCUT2D eigenvalue weighted by Crippen LogP contribution is 2.52. The second-order valence-electron chi connectivity index (χ2n) is 7.06. The van der Waals surface area contributed by atoms with E-state index in [0.717, 1.165) is 12.0 Å². The Labute approximate surface area is 151 Å². The fourth-order valence-electron chi connectivity index (χ4n) is 3.90. The Hall–Kier alpha value is -1.92. The van der Waals surface area contributed by atoms with Gasteiger partial charge in [-0.2, -0.15) is 5.10 Å². The molecule has 1 aliphatic carbocycles. The van der Waals surface area contributed by atoms with Crippen molar-refractivity contribution < 1.29 is 15.0 Å². The van der Waals surface area contributed by atoms with Crippen molar-refractivity contribution in [1.82, 2.24) is 14.8 Å². The van der Waals surface area contributed by atoms with Crippen molar-refractivity contribution >= 4 is 17.6 Å². The average Bonchev–Trinajstić information content (AvgIpc) is 3.16. The monoisotopic (exact) mass is 363 g/mol. The van der Waals surface area contributed by atoms with E-state index in [1.165, 1.54) is 17.3 Å². The summed E-state index contributed by atoms with van der Waals surface area (Å²) in [5.74, 6) is -1.10. The van der Waals surface area contributed by atoms with E-state index in [1.807, 2.05) is 24.3 Å². The van der Waals surface area contributed by atoms with Crippen molar-refractivity contribution in [2.45, 2.75) is 44.8 Å². The summed E-state index contributed by atoms with van der Waals surface area (Å²) in [6.07, 6.45) is 5.47. The molecule has 3 rings (SSSR count). The van der Waals surface area contributed by atoms with E-state index < -0.39 is 17.0 Å². The van der Waals surface area contributed by atoms with Crippen LogP contribution >= 0.6 is 11.6 Å². The van der Waals surface area contributed by atoms with Gasteiger partial charge >= 0.3 is 5.97 Å². The SMILES string of the molecule is C[C@]1(C(=O)O)CC[C@H](CCc2ccc(Cl)cc2)[C@@]1(O)Cn1cncn1. The number of halogens is 1. The first-order valence-corrected chi connectivity index (χ1v) is 8.75.